The predicted octanol–water partition coefficient (Wildman–Crippen LogP) is 3.80. The van der Waals surface area contributed by atoms with Crippen molar-refractivity contribution in [3.63, 3.8) is 0 Å². The highest BCUT2D eigenvalue weighted by atomic mass is 35.5. The van der Waals surface area contributed by atoms with E-state index >= 15 is 0 Å². The van der Waals surface area contributed by atoms with E-state index < -0.39 is 0 Å². The zero-order valence-corrected chi connectivity index (χ0v) is 10.5. The van der Waals surface area contributed by atoms with Crippen LogP contribution in [0.5, 0.6) is 0 Å². The minimum atomic E-state index is 0.610. The normalized spacial score (nSPS) is 10.7. The first-order chi connectivity index (χ1) is 7.70. The molecule has 0 radical (unpaired) electrons. The number of rotatable bonds is 3. The van der Waals surface area contributed by atoms with Crippen molar-refractivity contribution in [3.8, 4) is 0 Å². The van der Waals surface area contributed by atoms with E-state index in [0.29, 0.717) is 11.7 Å². The van der Waals surface area contributed by atoms with E-state index in [1.165, 1.54) is 0 Å². The number of hydrogen-bond donors (Lipinski definition) is 0. The molecular formula is C12H12Cl2N2. The van der Waals surface area contributed by atoms with Crippen LogP contribution in [0.4, 0.5) is 0 Å². The number of hydrogen-bond acceptors (Lipinski definition) is 1. The first-order valence-corrected chi connectivity index (χ1v) is 5.92. The van der Waals surface area contributed by atoms with Gasteiger partial charge in [-0.1, -0.05) is 48.3 Å². The molecule has 0 bridgehead atoms. The second-order valence-electron chi connectivity index (χ2n) is 3.56. The van der Waals surface area contributed by atoms with Gasteiger partial charge in [0, 0.05) is 5.02 Å². The van der Waals surface area contributed by atoms with E-state index in [9.17, 15) is 0 Å². The van der Waals surface area contributed by atoms with Gasteiger partial charge in [-0.05, 0) is 24.1 Å². The summed E-state index contributed by atoms with van der Waals surface area (Å²) in [7, 11) is 0. The Kier molecular flexibility index (Phi) is 3.52. The van der Waals surface area contributed by atoms with Gasteiger partial charge in [-0.15, -0.1) is 0 Å². The van der Waals surface area contributed by atoms with Gasteiger partial charge < -0.3 is 0 Å². The Morgan fingerprint density at radius 3 is 2.62 bits per heavy atom. The number of benzene rings is 1. The molecule has 4 heteroatoms. The third-order valence-electron chi connectivity index (χ3n) is 2.42. The van der Waals surface area contributed by atoms with Crippen LogP contribution in [-0.2, 0) is 13.0 Å². The highest BCUT2D eigenvalue weighted by Gasteiger charge is 2.06. The van der Waals surface area contributed by atoms with E-state index in [1.54, 1.807) is 4.68 Å². The van der Waals surface area contributed by atoms with E-state index in [1.807, 2.05) is 30.3 Å². The Morgan fingerprint density at radius 1 is 1.25 bits per heavy atom. The summed E-state index contributed by atoms with van der Waals surface area (Å²) in [4.78, 5) is 0. The van der Waals surface area contributed by atoms with Gasteiger partial charge in [-0.3, -0.25) is 0 Å². The lowest BCUT2D eigenvalue weighted by molar-refractivity contribution is 0.674. The van der Waals surface area contributed by atoms with Gasteiger partial charge in [0.25, 0.3) is 0 Å². The molecule has 2 aromatic rings. The molecule has 16 heavy (non-hydrogen) atoms. The van der Waals surface area contributed by atoms with Gasteiger partial charge in [-0.25, -0.2) is 4.68 Å². The first kappa shape index (κ1) is 11.5. The van der Waals surface area contributed by atoms with Gasteiger partial charge in [-0.2, -0.15) is 5.10 Å². The van der Waals surface area contributed by atoms with Crippen LogP contribution in [0.15, 0.2) is 30.3 Å². The molecule has 84 valence electrons. The zero-order valence-electron chi connectivity index (χ0n) is 8.95. The molecule has 0 N–H and O–H groups in total. The van der Waals surface area contributed by atoms with Gasteiger partial charge >= 0.3 is 0 Å². The maximum Gasteiger partial charge on any atom is 0.127 e. The number of aryl methyl sites for hydroxylation is 1. The molecule has 1 heterocycles. The fraction of sp³-hybridized carbons (Fsp3) is 0.250. The molecule has 2 nitrogen and oxygen atoms in total. The van der Waals surface area contributed by atoms with Crippen molar-refractivity contribution in [2.24, 2.45) is 0 Å². The van der Waals surface area contributed by atoms with Crippen molar-refractivity contribution in [1.29, 1.82) is 0 Å². The summed E-state index contributed by atoms with van der Waals surface area (Å²) in [5.41, 5.74) is 2.02. The van der Waals surface area contributed by atoms with Crippen LogP contribution in [0.3, 0.4) is 0 Å². The van der Waals surface area contributed by atoms with Gasteiger partial charge in [0.05, 0.1) is 12.2 Å². The van der Waals surface area contributed by atoms with Gasteiger partial charge in [0.2, 0.25) is 0 Å². The lowest BCUT2D eigenvalue weighted by Gasteiger charge is -2.05. The molecule has 0 saturated heterocycles. The standard InChI is InChI=1S/C12H12Cl2N2/c1-2-10-7-12(14)16(15-10)8-9-5-3-4-6-11(9)13/h3-7H,2,8H2,1H3. The van der Waals surface area contributed by atoms with Crippen LogP contribution >= 0.6 is 23.2 Å². The highest BCUT2D eigenvalue weighted by molar-refractivity contribution is 6.31. The quantitative estimate of drug-likeness (QED) is 0.815. The summed E-state index contributed by atoms with van der Waals surface area (Å²) in [6, 6.07) is 9.60. The molecule has 0 spiro atoms. The maximum atomic E-state index is 6.08. The van der Waals surface area contributed by atoms with Crippen molar-refractivity contribution in [1.82, 2.24) is 9.78 Å². The second-order valence-corrected chi connectivity index (χ2v) is 4.36. The Morgan fingerprint density at radius 2 is 2.00 bits per heavy atom. The highest BCUT2D eigenvalue weighted by Crippen LogP contribution is 2.19. The Balaban J connectivity index is 2.27. The fourth-order valence-electron chi connectivity index (χ4n) is 1.52. The van der Waals surface area contributed by atoms with Crippen LogP contribution in [0.25, 0.3) is 0 Å². The summed E-state index contributed by atoms with van der Waals surface area (Å²) in [5, 5.41) is 5.78. The molecule has 1 aromatic heterocycles. The van der Waals surface area contributed by atoms with Crippen LogP contribution in [0, 0.1) is 0 Å². The van der Waals surface area contributed by atoms with Gasteiger partial charge in [0.15, 0.2) is 0 Å². The first-order valence-electron chi connectivity index (χ1n) is 5.16. The summed E-state index contributed by atoms with van der Waals surface area (Å²) >= 11 is 12.2. The number of nitrogens with zero attached hydrogens (tertiary/aromatic N) is 2. The fourth-order valence-corrected chi connectivity index (χ4v) is 1.93. The monoisotopic (exact) mass is 254 g/mol. The molecular weight excluding hydrogens is 243 g/mol. The van der Waals surface area contributed by atoms with Crippen molar-refractivity contribution in [2.75, 3.05) is 0 Å². The lowest BCUT2D eigenvalue weighted by atomic mass is 10.2. The molecule has 0 saturated carbocycles. The average molecular weight is 255 g/mol. The van der Waals surface area contributed by atoms with Crippen LogP contribution in [-0.4, -0.2) is 9.78 Å². The number of halogens is 2. The zero-order chi connectivity index (χ0) is 11.5. The topological polar surface area (TPSA) is 17.8 Å². The third kappa shape index (κ3) is 2.39. The summed E-state index contributed by atoms with van der Waals surface area (Å²) < 4.78 is 1.77. The van der Waals surface area contributed by atoms with E-state index in [2.05, 4.69) is 12.0 Å². The van der Waals surface area contributed by atoms with Crippen molar-refractivity contribution >= 4 is 23.2 Å². The van der Waals surface area contributed by atoms with Crippen molar-refractivity contribution < 1.29 is 0 Å². The minimum absolute atomic E-state index is 0.610. The Hall–Kier alpha value is -0.990. The lowest BCUT2D eigenvalue weighted by Crippen LogP contribution is -2.02. The molecule has 0 amide bonds. The maximum absolute atomic E-state index is 6.08. The molecule has 1 aromatic carbocycles. The van der Waals surface area contributed by atoms with Crippen LogP contribution < -0.4 is 0 Å². The summed E-state index contributed by atoms with van der Waals surface area (Å²) in [6.45, 7) is 2.66. The smallest absolute Gasteiger partial charge is 0.127 e. The third-order valence-corrected chi connectivity index (χ3v) is 3.09. The SMILES string of the molecule is CCc1cc(Cl)n(Cc2ccccc2Cl)n1. The second kappa shape index (κ2) is 4.89. The largest absolute Gasteiger partial charge is 0.249 e. The predicted molar refractivity (Wildman–Crippen MR) is 67.2 cm³/mol. The van der Waals surface area contributed by atoms with Crippen LogP contribution in [0.2, 0.25) is 10.2 Å². The Bertz CT molecular complexity index is 492. The molecule has 0 aliphatic rings. The van der Waals surface area contributed by atoms with E-state index in [-0.39, 0.29) is 0 Å². The van der Waals surface area contributed by atoms with Gasteiger partial charge in [0.1, 0.15) is 5.15 Å². The van der Waals surface area contributed by atoms with Crippen molar-refractivity contribution in [3.05, 3.63) is 51.8 Å². The van der Waals surface area contributed by atoms with E-state index in [0.717, 1.165) is 22.7 Å². The molecule has 2 rings (SSSR count). The molecule has 0 atom stereocenters. The minimum Gasteiger partial charge on any atom is -0.249 e. The summed E-state index contributed by atoms with van der Waals surface area (Å²) in [6.07, 6.45) is 0.884. The molecule has 0 aliphatic heterocycles. The molecule has 0 aliphatic carbocycles. The van der Waals surface area contributed by atoms with E-state index in [4.69, 9.17) is 23.2 Å². The van der Waals surface area contributed by atoms with Crippen LogP contribution in [0.1, 0.15) is 18.2 Å². The molecule has 0 unspecified atom stereocenters. The average Bonchev–Trinajstić information content (AvgIpc) is 2.63. The van der Waals surface area contributed by atoms with Crippen molar-refractivity contribution in [2.45, 2.75) is 19.9 Å². The summed E-state index contributed by atoms with van der Waals surface area (Å²) in [5.74, 6) is 0. The Labute approximate surface area is 105 Å². The molecule has 0 fully saturated rings. The number of aromatic nitrogens is 2.